The number of aliphatic hydroxyl groups is 1. The summed E-state index contributed by atoms with van der Waals surface area (Å²) >= 11 is 0. The van der Waals surface area contributed by atoms with Crippen LogP contribution < -0.4 is 5.73 Å². The summed E-state index contributed by atoms with van der Waals surface area (Å²) in [5.41, 5.74) is 7.51. The van der Waals surface area contributed by atoms with Crippen molar-refractivity contribution in [1.82, 2.24) is 0 Å². The summed E-state index contributed by atoms with van der Waals surface area (Å²) < 4.78 is 4.87. The van der Waals surface area contributed by atoms with Gasteiger partial charge >= 0.3 is 11.9 Å². The molecule has 0 saturated heterocycles. The van der Waals surface area contributed by atoms with Crippen LogP contribution in [0.15, 0.2) is 54.6 Å². The lowest BCUT2D eigenvalue weighted by Gasteiger charge is -2.14. The van der Waals surface area contributed by atoms with E-state index in [0.29, 0.717) is 5.56 Å². The molecular weight excluding hydrogens is 298 g/mol. The fourth-order valence-corrected chi connectivity index (χ4v) is 1.94. The van der Waals surface area contributed by atoms with Gasteiger partial charge in [0.15, 0.2) is 0 Å². The van der Waals surface area contributed by atoms with Gasteiger partial charge in [0.1, 0.15) is 18.8 Å². The molecule has 0 saturated carbocycles. The van der Waals surface area contributed by atoms with Gasteiger partial charge in [0.25, 0.3) is 0 Å². The molecule has 0 aliphatic carbocycles. The molecule has 0 aromatic heterocycles. The Morgan fingerprint density at radius 3 is 2.13 bits per heavy atom. The van der Waals surface area contributed by atoms with Crippen LogP contribution in [0.3, 0.4) is 0 Å². The van der Waals surface area contributed by atoms with Gasteiger partial charge in [0.2, 0.25) is 0 Å². The average molecular weight is 315 g/mol. The molecule has 6 nitrogen and oxygen atoms in total. The van der Waals surface area contributed by atoms with E-state index in [4.69, 9.17) is 15.6 Å². The predicted octanol–water partition coefficient (Wildman–Crippen LogP) is 1.28. The summed E-state index contributed by atoms with van der Waals surface area (Å²) in [6, 6.07) is 15.0. The molecule has 0 amide bonds. The number of carbonyl (C=O) groups is 2. The van der Waals surface area contributed by atoms with Gasteiger partial charge in [-0.25, -0.2) is 4.79 Å². The second-order valence-corrected chi connectivity index (χ2v) is 4.97. The topological polar surface area (TPSA) is 110 Å². The fourth-order valence-electron chi connectivity index (χ4n) is 1.94. The number of aliphatic carboxylic acids is 1. The summed E-state index contributed by atoms with van der Waals surface area (Å²) in [6.07, 6.45) is -1.46. The van der Waals surface area contributed by atoms with Gasteiger partial charge in [0, 0.05) is 0 Å². The Bertz CT molecular complexity index is 669. The van der Waals surface area contributed by atoms with Crippen molar-refractivity contribution in [2.45, 2.75) is 12.1 Å². The number of carbonyl (C=O) groups excluding carboxylic acids is 1. The van der Waals surface area contributed by atoms with E-state index in [0.717, 1.165) is 11.1 Å². The van der Waals surface area contributed by atoms with Crippen LogP contribution in [0.25, 0.3) is 11.1 Å². The van der Waals surface area contributed by atoms with Crippen molar-refractivity contribution < 1.29 is 24.5 Å². The first-order valence-electron chi connectivity index (χ1n) is 6.98. The SMILES string of the molecule is N[C@H](C(=O)O)[C@@H](O)COC(=O)c1ccc(-c2ccccc2)cc1. The van der Waals surface area contributed by atoms with Gasteiger partial charge in [-0.1, -0.05) is 42.5 Å². The van der Waals surface area contributed by atoms with Gasteiger partial charge in [-0.15, -0.1) is 0 Å². The average Bonchev–Trinajstić information content (AvgIpc) is 2.59. The van der Waals surface area contributed by atoms with Gasteiger partial charge < -0.3 is 20.7 Å². The zero-order valence-corrected chi connectivity index (χ0v) is 12.3. The van der Waals surface area contributed by atoms with E-state index in [1.807, 2.05) is 30.3 Å². The molecule has 2 aromatic carbocycles. The standard InChI is InChI=1S/C17H17NO5/c18-15(16(20)21)14(19)10-23-17(22)13-8-6-12(7-9-13)11-4-2-1-3-5-11/h1-9,14-15,19H,10,18H2,(H,20,21)/t14-,15-/m0/s1. The Morgan fingerprint density at radius 2 is 1.57 bits per heavy atom. The largest absolute Gasteiger partial charge is 0.480 e. The van der Waals surface area contributed by atoms with E-state index in [1.54, 1.807) is 24.3 Å². The molecule has 0 radical (unpaired) electrons. The van der Waals surface area contributed by atoms with Gasteiger partial charge in [-0.2, -0.15) is 0 Å². The smallest absolute Gasteiger partial charge is 0.338 e. The summed E-state index contributed by atoms with van der Waals surface area (Å²) in [5, 5.41) is 18.1. The van der Waals surface area contributed by atoms with E-state index in [-0.39, 0.29) is 0 Å². The molecule has 0 aliphatic rings. The van der Waals surface area contributed by atoms with Crippen LogP contribution >= 0.6 is 0 Å². The number of aliphatic hydroxyl groups excluding tert-OH is 1. The van der Waals surface area contributed by atoms with E-state index in [1.165, 1.54) is 0 Å². The second-order valence-electron chi connectivity index (χ2n) is 4.97. The Balaban J connectivity index is 1.97. The van der Waals surface area contributed by atoms with Crippen molar-refractivity contribution >= 4 is 11.9 Å². The van der Waals surface area contributed by atoms with Crippen molar-refractivity contribution in [1.29, 1.82) is 0 Å². The Kier molecular flexibility index (Phi) is 5.46. The van der Waals surface area contributed by atoms with Gasteiger partial charge in [0.05, 0.1) is 5.56 Å². The highest BCUT2D eigenvalue weighted by Crippen LogP contribution is 2.19. The van der Waals surface area contributed by atoms with Gasteiger partial charge in [-0.05, 0) is 23.3 Å². The van der Waals surface area contributed by atoms with E-state index in [2.05, 4.69) is 0 Å². The van der Waals surface area contributed by atoms with E-state index >= 15 is 0 Å². The van der Waals surface area contributed by atoms with Crippen molar-refractivity contribution in [3.8, 4) is 11.1 Å². The molecule has 0 heterocycles. The third-order valence-electron chi connectivity index (χ3n) is 3.31. The monoisotopic (exact) mass is 315 g/mol. The molecule has 2 atom stereocenters. The molecule has 120 valence electrons. The van der Waals surface area contributed by atoms with Crippen molar-refractivity contribution in [2.75, 3.05) is 6.61 Å². The fraction of sp³-hybridized carbons (Fsp3) is 0.176. The van der Waals surface area contributed by atoms with Crippen molar-refractivity contribution in [3.63, 3.8) is 0 Å². The van der Waals surface area contributed by atoms with Crippen LogP contribution in [0.5, 0.6) is 0 Å². The molecular formula is C17H17NO5. The van der Waals surface area contributed by atoms with Crippen LogP contribution in [0, 0.1) is 0 Å². The number of nitrogens with two attached hydrogens (primary N) is 1. The number of benzene rings is 2. The number of carboxylic acids is 1. The molecule has 2 aromatic rings. The first-order valence-corrected chi connectivity index (χ1v) is 6.98. The summed E-state index contributed by atoms with van der Waals surface area (Å²) in [6.45, 7) is -0.479. The van der Waals surface area contributed by atoms with Gasteiger partial charge in [-0.3, -0.25) is 4.79 Å². The molecule has 6 heteroatoms. The molecule has 0 unspecified atom stereocenters. The minimum absolute atomic E-state index is 0.306. The maximum atomic E-state index is 11.9. The Labute approximate surface area is 133 Å². The number of rotatable bonds is 6. The normalized spacial score (nSPS) is 13.1. The van der Waals surface area contributed by atoms with E-state index < -0.39 is 30.7 Å². The lowest BCUT2D eigenvalue weighted by Crippen LogP contribution is -2.44. The van der Waals surface area contributed by atoms with Crippen molar-refractivity contribution in [2.24, 2.45) is 5.73 Å². The molecule has 0 aliphatic heterocycles. The third kappa shape index (κ3) is 4.38. The molecule has 0 fully saturated rings. The first-order chi connectivity index (χ1) is 11.0. The molecule has 0 bridgehead atoms. The second kappa shape index (κ2) is 7.53. The van der Waals surface area contributed by atoms with Crippen LogP contribution in [-0.2, 0) is 9.53 Å². The Morgan fingerprint density at radius 1 is 1.00 bits per heavy atom. The number of hydrogen-bond acceptors (Lipinski definition) is 5. The quantitative estimate of drug-likeness (QED) is 0.693. The first kappa shape index (κ1) is 16.7. The molecule has 23 heavy (non-hydrogen) atoms. The summed E-state index contributed by atoms with van der Waals surface area (Å²) in [5.74, 6) is -2.01. The zero-order valence-electron chi connectivity index (χ0n) is 12.3. The van der Waals surface area contributed by atoms with Crippen LogP contribution in [0.4, 0.5) is 0 Å². The number of carboxylic acid groups (broad SMARTS) is 1. The number of ether oxygens (including phenoxy) is 1. The highest BCUT2D eigenvalue weighted by Gasteiger charge is 2.23. The summed E-state index contributed by atoms with van der Waals surface area (Å²) in [7, 11) is 0. The third-order valence-corrected chi connectivity index (χ3v) is 3.31. The highest BCUT2D eigenvalue weighted by atomic mass is 16.5. The highest BCUT2D eigenvalue weighted by molar-refractivity contribution is 5.90. The molecule has 2 rings (SSSR count). The molecule has 4 N–H and O–H groups in total. The predicted molar refractivity (Wildman–Crippen MR) is 83.8 cm³/mol. The minimum atomic E-state index is -1.50. The van der Waals surface area contributed by atoms with Crippen molar-refractivity contribution in [3.05, 3.63) is 60.2 Å². The zero-order chi connectivity index (χ0) is 16.8. The maximum absolute atomic E-state index is 11.9. The van der Waals surface area contributed by atoms with Crippen LogP contribution in [0.1, 0.15) is 10.4 Å². The minimum Gasteiger partial charge on any atom is -0.480 e. The lowest BCUT2D eigenvalue weighted by atomic mass is 10.0. The number of esters is 1. The lowest BCUT2D eigenvalue weighted by molar-refractivity contribution is -0.142. The van der Waals surface area contributed by atoms with Crippen LogP contribution in [0.2, 0.25) is 0 Å². The Hall–Kier alpha value is -2.70. The summed E-state index contributed by atoms with van der Waals surface area (Å²) in [4.78, 5) is 22.5. The number of hydrogen-bond donors (Lipinski definition) is 3. The molecule has 0 spiro atoms. The maximum Gasteiger partial charge on any atom is 0.338 e. The van der Waals surface area contributed by atoms with E-state index in [9.17, 15) is 14.7 Å². The van der Waals surface area contributed by atoms with Crippen LogP contribution in [-0.4, -0.2) is 40.9 Å².